The molecule has 132 valence electrons. The molecule has 3 atom stereocenters. The van der Waals surface area contributed by atoms with Crippen molar-refractivity contribution < 1.29 is 14.3 Å². The molecular formula is C18H32N2O3. The Labute approximate surface area is 140 Å². The van der Waals surface area contributed by atoms with Gasteiger partial charge in [0.2, 0.25) is 5.91 Å². The van der Waals surface area contributed by atoms with E-state index < -0.39 is 0 Å². The van der Waals surface area contributed by atoms with Gasteiger partial charge in [0.1, 0.15) is 6.04 Å². The predicted octanol–water partition coefficient (Wildman–Crippen LogP) is 2.44. The first-order valence-electron chi connectivity index (χ1n) is 9.21. The number of esters is 1. The number of piperidine rings is 1. The van der Waals surface area contributed by atoms with Crippen LogP contribution in [0.2, 0.25) is 0 Å². The lowest BCUT2D eigenvalue weighted by molar-refractivity contribution is -0.157. The quantitative estimate of drug-likeness (QED) is 0.729. The van der Waals surface area contributed by atoms with Crippen molar-refractivity contribution in [1.82, 2.24) is 9.80 Å². The van der Waals surface area contributed by atoms with Crippen LogP contribution in [0.3, 0.4) is 0 Å². The van der Waals surface area contributed by atoms with E-state index in [1.165, 1.54) is 25.7 Å². The Hall–Kier alpha value is -1.10. The first kappa shape index (κ1) is 18.2. The molecule has 3 unspecified atom stereocenters. The fraction of sp³-hybridized carbons (Fsp3) is 0.889. The first-order chi connectivity index (χ1) is 11.0. The summed E-state index contributed by atoms with van der Waals surface area (Å²) in [5.74, 6) is 0.473. The summed E-state index contributed by atoms with van der Waals surface area (Å²) < 4.78 is 5.15. The number of nitrogens with zero attached hydrogens (tertiary/aromatic N) is 2. The highest BCUT2D eigenvalue weighted by Gasteiger charge is 2.34. The second-order valence-corrected chi connectivity index (χ2v) is 7.09. The summed E-state index contributed by atoms with van der Waals surface area (Å²) in [5, 5.41) is 0. The van der Waals surface area contributed by atoms with Crippen molar-refractivity contribution in [3.8, 4) is 0 Å². The minimum absolute atomic E-state index is 0.0722. The number of amides is 1. The molecule has 1 saturated carbocycles. The average Bonchev–Trinajstić information content (AvgIpc) is 2.55. The zero-order chi connectivity index (χ0) is 16.8. The number of likely N-dealkylation sites (tertiary alicyclic amines) is 1. The van der Waals surface area contributed by atoms with E-state index in [-0.39, 0.29) is 17.9 Å². The van der Waals surface area contributed by atoms with Gasteiger partial charge >= 0.3 is 5.97 Å². The third-order valence-corrected chi connectivity index (χ3v) is 5.40. The van der Waals surface area contributed by atoms with Crippen LogP contribution in [-0.2, 0) is 14.3 Å². The normalized spacial score (nSPS) is 28.7. The van der Waals surface area contributed by atoms with Gasteiger partial charge in [-0.05, 0) is 52.0 Å². The Balaban J connectivity index is 1.95. The smallest absolute Gasteiger partial charge is 0.328 e. The lowest BCUT2D eigenvalue weighted by Crippen LogP contribution is -2.53. The van der Waals surface area contributed by atoms with Crippen molar-refractivity contribution in [2.24, 2.45) is 5.92 Å². The number of carbonyl (C=O) groups excluding carboxylic acids is 2. The van der Waals surface area contributed by atoms with E-state index in [4.69, 9.17) is 4.74 Å². The molecule has 0 aromatic carbocycles. The maximum Gasteiger partial charge on any atom is 0.328 e. The first-order valence-corrected chi connectivity index (χ1v) is 9.21. The minimum Gasteiger partial charge on any atom is -0.464 e. The highest BCUT2D eigenvalue weighted by atomic mass is 16.5. The van der Waals surface area contributed by atoms with Crippen LogP contribution in [0.25, 0.3) is 0 Å². The van der Waals surface area contributed by atoms with Gasteiger partial charge in [0, 0.05) is 12.6 Å². The summed E-state index contributed by atoms with van der Waals surface area (Å²) in [6.45, 7) is 5.55. The third kappa shape index (κ3) is 4.69. The molecule has 1 saturated heterocycles. The predicted molar refractivity (Wildman–Crippen MR) is 90.0 cm³/mol. The van der Waals surface area contributed by atoms with Gasteiger partial charge < -0.3 is 9.64 Å². The van der Waals surface area contributed by atoms with Crippen molar-refractivity contribution in [2.45, 2.75) is 70.9 Å². The number of rotatable bonds is 5. The van der Waals surface area contributed by atoms with Crippen LogP contribution < -0.4 is 0 Å². The molecule has 0 radical (unpaired) electrons. The summed E-state index contributed by atoms with van der Waals surface area (Å²) in [6, 6.07) is 0.104. The van der Waals surface area contributed by atoms with Gasteiger partial charge in [-0.15, -0.1) is 0 Å². The molecule has 0 aromatic rings. The summed E-state index contributed by atoms with van der Waals surface area (Å²) >= 11 is 0. The van der Waals surface area contributed by atoms with E-state index in [9.17, 15) is 9.59 Å². The van der Waals surface area contributed by atoms with E-state index in [2.05, 4.69) is 11.8 Å². The lowest BCUT2D eigenvalue weighted by atomic mass is 9.85. The van der Waals surface area contributed by atoms with Gasteiger partial charge in [0.15, 0.2) is 0 Å². The van der Waals surface area contributed by atoms with Gasteiger partial charge in [0.05, 0.1) is 13.2 Å². The van der Waals surface area contributed by atoms with Crippen LogP contribution in [0.1, 0.15) is 58.8 Å². The highest BCUT2D eigenvalue weighted by Crippen LogP contribution is 2.27. The molecule has 23 heavy (non-hydrogen) atoms. The molecule has 1 aliphatic carbocycles. The molecule has 2 fully saturated rings. The molecule has 2 aliphatic rings. The molecule has 2 rings (SSSR count). The van der Waals surface area contributed by atoms with Crippen LogP contribution in [-0.4, -0.2) is 60.5 Å². The maximum atomic E-state index is 12.8. The monoisotopic (exact) mass is 324 g/mol. The number of hydrogen-bond donors (Lipinski definition) is 0. The van der Waals surface area contributed by atoms with Crippen molar-refractivity contribution in [3.05, 3.63) is 0 Å². The van der Waals surface area contributed by atoms with E-state index in [1.807, 2.05) is 14.0 Å². The Morgan fingerprint density at radius 3 is 2.52 bits per heavy atom. The molecule has 5 nitrogen and oxygen atoms in total. The molecule has 1 aliphatic heterocycles. The minimum atomic E-state index is -0.381. The number of hydrogen-bond acceptors (Lipinski definition) is 4. The fourth-order valence-electron chi connectivity index (χ4n) is 4.09. The standard InChI is InChI=1S/C18H32N2O3/c1-4-23-18(22)16-11-7-8-12-20(16)17(21)13-19(3)15-10-6-5-9-14(15)2/h14-16H,4-13H2,1-3H3. The van der Waals surface area contributed by atoms with Gasteiger partial charge in [-0.2, -0.15) is 0 Å². The van der Waals surface area contributed by atoms with Crippen LogP contribution in [0.4, 0.5) is 0 Å². The zero-order valence-corrected chi connectivity index (χ0v) is 14.9. The molecule has 1 heterocycles. The Bertz CT molecular complexity index is 413. The van der Waals surface area contributed by atoms with Gasteiger partial charge in [-0.1, -0.05) is 19.8 Å². The van der Waals surface area contributed by atoms with Crippen LogP contribution in [0.15, 0.2) is 0 Å². The van der Waals surface area contributed by atoms with Gasteiger partial charge in [-0.3, -0.25) is 9.69 Å². The maximum absolute atomic E-state index is 12.8. The summed E-state index contributed by atoms with van der Waals surface area (Å²) in [5.41, 5.74) is 0. The average molecular weight is 324 g/mol. The largest absolute Gasteiger partial charge is 0.464 e. The van der Waals surface area contributed by atoms with Crippen LogP contribution in [0.5, 0.6) is 0 Å². The van der Waals surface area contributed by atoms with Crippen molar-refractivity contribution >= 4 is 11.9 Å². The topological polar surface area (TPSA) is 49.9 Å². The lowest BCUT2D eigenvalue weighted by Gasteiger charge is -2.39. The molecular weight excluding hydrogens is 292 g/mol. The Morgan fingerprint density at radius 2 is 1.83 bits per heavy atom. The summed E-state index contributed by atoms with van der Waals surface area (Å²) in [4.78, 5) is 28.8. The molecule has 0 aromatic heterocycles. The van der Waals surface area contributed by atoms with Crippen molar-refractivity contribution in [2.75, 3.05) is 26.7 Å². The van der Waals surface area contributed by atoms with E-state index >= 15 is 0 Å². The number of carbonyl (C=O) groups is 2. The molecule has 5 heteroatoms. The summed E-state index contributed by atoms with van der Waals surface area (Å²) in [6.07, 6.45) is 7.67. The van der Waals surface area contributed by atoms with Gasteiger partial charge in [-0.25, -0.2) is 4.79 Å². The molecule has 0 N–H and O–H groups in total. The second kappa shape index (κ2) is 8.67. The molecule has 1 amide bonds. The van der Waals surface area contributed by atoms with E-state index in [1.54, 1.807) is 4.90 Å². The van der Waals surface area contributed by atoms with Crippen molar-refractivity contribution in [3.63, 3.8) is 0 Å². The summed E-state index contributed by atoms with van der Waals surface area (Å²) in [7, 11) is 2.05. The van der Waals surface area contributed by atoms with Crippen molar-refractivity contribution in [1.29, 1.82) is 0 Å². The second-order valence-electron chi connectivity index (χ2n) is 7.09. The molecule has 0 spiro atoms. The van der Waals surface area contributed by atoms with E-state index in [0.29, 0.717) is 31.7 Å². The number of likely N-dealkylation sites (N-methyl/N-ethyl adjacent to an activating group) is 1. The Kier molecular flexibility index (Phi) is 6.88. The van der Waals surface area contributed by atoms with Crippen LogP contribution >= 0.6 is 0 Å². The zero-order valence-electron chi connectivity index (χ0n) is 14.9. The Morgan fingerprint density at radius 1 is 1.13 bits per heavy atom. The van der Waals surface area contributed by atoms with Gasteiger partial charge in [0.25, 0.3) is 0 Å². The third-order valence-electron chi connectivity index (χ3n) is 5.40. The van der Waals surface area contributed by atoms with E-state index in [0.717, 1.165) is 19.3 Å². The van der Waals surface area contributed by atoms with Crippen LogP contribution in [0, 0.1) is 5.92 Å². The SMILES string of the molecule is CCOC(=O)C1CCCCN1C(=O)CN(C)C1CCCCC1C. The molecule has 0 bridgehead atoms. The fourth-order valence-corrected chi connectivity index (χ4v) is 4.09. The highest BCUT2D eigenvalue weighted by molar-refractivity contribution is 5.85. The number of ether oxygens (including phenoxy) is 1.